The number of hydrogen-bond donors (Lipinski definition) is 0. The van der Waals surface area contributed by atoms with E-state index in [-0.39, 0.29) is 6.04 Å². The summed E-state index contributed by atoms with van der Waals surface area (Å²) in [6.07, 6.45) is 2.08. The standard InChI is InChI=1S/C9H19NO/c1-5-7(3)9(10-11)8(4)6-2/h7-9H,5-6H2,1-4H3. The maximum absolute atomic E-state index is 10.5. The third-order valence-corrected chi connectivity index (χ3v) is 2.58. The zero-order valence-corrected chi connectivity index (χ0v) is 8.00. The van der Waals surface area contributed by atoms with Gasteiger partial charge in [-0.05, 0) is 11.8 Å². The van der Waals surface area contributed by atoms with Crippen LogP contribution in [0.3, 0.4) is 0 Å². The van der Waals surface area contributed by atoms with Gasteiger partial charge >= 0.3 is 0 Å². The Kier molecular flexibility index (Phi) is 5.08. The molecule has 0 radical (unpaired) electrons. The smallest absolute Gasteiger partial charge is 0.0970 e. The fourth-order valence-electron chi connectivity index (χ4n) is 1.25. The second kappa shape index (κ2) is 5.28. The molecule has 2 heteroatoms. The van der Waals surface area contributed by atoms with E-state index in [1.54, 1.807) is 0 Å². The first-order valence-electron chi connectivity index (χ1n) is 4.49. The van der Waals surface area contributed by atoms with Gasteiger partial charge in [-0.3, -0.25) is 0 Å². The van der Waals surface area contributed by atoms with Gasteiger partial charge < -0.3 is 0 Å². The summed E-state index contributed by atoms with van der Waals surface area (Å²) in [5, 5.41) is 3.18. The van der Waals surface area contributed by atoms with Gasteiger partial charge in [-0.1, -0.05) is 45.7 Å². The number of rotatable bonds is 5. The number of hydrogen-bond acceptors (Lipinski definition) is 2. The van der Waals surface area contributed by atoms with Crippen molar-refractivity contribution in [2.45, 2.75) is 46.6 Å². The fourth-order valence-corrected chi connectivity index (χ4v) is 1.25. The summed E-state index contributed by atoms with van der Waals surface area (Å²) in [5.41, 5.74) is 0. The maximum Gasteiger partial charge on any atom is 0.0970 e. The van der Waals surface area contributed by atoms with Crippen LogP contribution < -0.4 is 0 Å². The van der Waals surface area contributed by atoms with Crippen LogP contribution in [0.1, 0.15) is 40.5 Å². The van der Waals surface area contributed by atoms with Crippen molar-refractivity contribution in [3.8, 4) is 0 Å². The SMILES string of the molecule is CCC(C)C(N=O)C(C)CC. The van der Waals surface area contributed by atoms with Crippen LogP contribution in [0.4, 0.5) is 0 Å². The van der Waals surface area contributed by atoms with E-state index in [9.17, 15) is 4.91 Å². The third kappa shape index (κ3) is 3.00. The Morgan fingerprint density at radius 2 is 1.45 bits per heavy atom. The first-order valence-corrected chi connectivity index (χ1v) is 4.49. The highest BCUT2D eigenvalue weighted by Crippen LogP contribution is 2.21. The predicted octanol–water partition coefficient (Wildman–Crippen LogP) is 3.21. The second-order valence-corrected chi connectivity index (χ2v) is 3.37. The van der Waals surface area contributed by atoms with Crippen LogP contribution in [0.25, 0.3) is 0 Å². The Morgan fingerprint density at radius 1 is 1.09 bits per heavy atom. The first-order chi connectivity index (χ1) is 5.17. The molecule has 0 aromatic heterocycles. The van der Waals surface area contributed by atoms with Gasteiger partial charge in [0.25, 0.3) is 0 Å². The molecule has 11 heavy (non-hydrogen) atoms. The van der Waals surface area contributed by atoms with Crippen LogP contribution in [0.5, 0.6) is 0 Å². The van der Waals surface area contributed by atoms with Gasteiger partial charge in [0.1, 0.15) is 0 Å². The summed E-state index contributed by atoms with van der Waals surface area (Å²) < 4.78 is 0. The van der Waals surface area contributed by atoms with E-state index in [1.165, 1.54) is 0 Å². The highest BCUT2D eigenvalue weighted by molar-refractivity contribution is 4.76. The normalized spacial score (nSPS) is 18.9. The Labute approximate surface area is 69.4 Å². The third-order valence-electron chi connectivity index (χ3n) is 2.58. The molecular formula is C9H19NO. The van der Waals surface area contributed by atoms with Crippen molar-refractivity contribution < 1.29 is 0 Å². The molecule has 0 aliphatic heterocycles. The van der Waals surface area contributed by atoms with Crippen molar-refractivity contribution in [3.05, 3.63) is 4.91 Å². The lowest BCUT2D eigenvalue weighted by atomic mass is 9.88. The van der Waals surface area contributed by atoms with Crippen LogP contribution in [0.15, 0.2) is 5.18 Å². The second-order valence-electron chi connectivity index (χ2n) is 3.37. The molecule has 0 rings (SSSR count). The van der Waals surface area contributed by atoms with Gasteiger partial charge in [-0.2, -0.15) is 4.91 Å². The monoisotopic (exact) mass is 157 g/mol. The van der Waals surface area contributed by atoms with Gasteiger partial charge in [0, 0.05) is 0 Å². The van der Waals surface area contributed by atoms with Gasteiger partial charge in [0.2, 0.25) is 0 Å². The van der Waals surface area contributed by atoms with Crippen molar-refractivity contribution >= 4 is 0 Å². The molecule has 0 heterocycles. The molecule has 0 aliphatic rings. The Morgan fingerprint density at radius 3 is 1.64 bits per heavy atom. The fraction of sp³-hybridized carbons (Fsp3) is 1.00. The molecule has 0 saturated heterocycles. The van der Waals surface area contributed by atoms with Gasteiger partial charge in [0.15, 0.2) is 0 Å². The summed E-state index contributed by atoms with van der Waals surface area (Å²) in [4.78, 5) is 10.5. The van der Waals surface area contributed by atoms with Gasteiger partial charge in [-0.15, -0.1) is 0 Å². The highest BCUT2D eigenvalue weighted by atomic mass is 16.3. The molecule has 0 saturated carbocycles. The van der Waals surface area contributed by atoms with Crippen molar-refractivity contribution in [2.24, 2.45) is 17.0 Å². The van der Waals surface area contributed by atoms with E-state index in [0.717, 1.165) is 12.8 Å². The zero-order chi connectivity index (χ0) is 8.85. The number of nitrogens with zero attached hydrogens (tertiary/aromatic N) is 1. The minimum atomic E-state index is 0.0185. The number of nitroso groups, excluding NO2 is 1. The van der Waals surface area contributed by atoms with Crippen LogP contribution in [-0.4, -0.2) is 6.04 Å². The lowest BCUT2D eigenvalue weighted by Crippen LogP contribution is -2.22. The summed E-state index contributed by atoms with van der Waals surface area (Å²) in [7, 11) is 0. The summed E-state index contributed by atoms with van der Waals surface area (Å²) >= 11 is 0. The van der Waals surface area contributed by atoms with E-state index >= 15 is 0 Å². The summed E-state index contributed by atoms with van der Waals surface area (Å²) in [6, 6.07) is 0.0185. The van der Waals surface area contributed by atoms with Crippen molar-refractivity contribution in [1.29, 1.82) is 0 Å². The Balaban J connectivity index is 4.03. The van der Waals surface area contributed by atoms with Crippen molar-refractivity contribution in [2.75, 3.05) is 0 Å². The van der Waals surface area contributed by atoms with E-state index < -0.39 is 0 Å². The minimum Gasteiger partial charge on any atom is -0.150 e. The molecular weight excluding hydrogens is 138 g/mol. The molecule has 66 valence electrons. The van der Waals surface area contributed by atoms with Crippen molar-refractivity contribution in [1.82, 2.24) is 0 Å². The van der Waals surface area contributed by atoms with Crippen LogP contribution >= 0.6 is 0 Å². The average molecular weight is 157 g/mol. The minimum absolute atomic E-state index is 0.0185. The molecule has 2 unspecified atom stereocenters. The lowest BCUT2D eigenvalue weighted by Gasteiger charge is -2.20. The zero-order valence-electron chi connectivity index (χ0n) is 8.00. The lowest BCUT2D eigenvalue weighted by molar-refractivity contribution is 0.330. The largest absolute Gasteiger partial charge is 0.150 e. The molecule has 0 fully saturated rings. The van der Waals surface area contributed by atoms with E-state index in [0.29, 0.717) is 11.8 Å². The molecule has 0 aromatic rings. The van der Waals surface area contributed by atoms with Crippen LogP contribution in [0.2, 0.25) is 0 Å². The maximum atomic E-state index is 10.5. The molecule has 0 N–H and O–H groups in total. The molecule has 2 nitrogen and oxygen atoms in total. The van der Waals surface area contributed by atoms with Crippen LogP contribution in [-0.2, 0) is 0 Å². The predicted molar refractivity (Wildman–Crippen MR) is 48.5 cm³/mol. The molecule has 0 amide bonds. The first kappa shape index (κ1) is 10.6. The Hall–Kier alpha value is -0.400. The highest BCUT2D eigenvalue weighted by Gasteiger charge is 2.21. The van der Waals surface area contributed by atoms with E-state index in [1.807, 2.05) is 0 Å². The molecule has 0 aromatic carbocycles. The Bertz CT molecular complexity index is 104. The molecule has 0 aliphatic carbocycles. The quantitative estimate of drug-likeness (QED) is 0.563. The molecule has 0 bridgehead atoms. The van der Waals surface area contributed by atoms with Crippen LogP contribution in [0, 0.1) is 16.7 Å². The van der Waals surface area contributed by atoms with Crippen molar-refractivity contribution in [3.63, 3.8) is 0 Å². The summed E-state index contributed by atoms with van der Waals surface area (Å²) in [6.45, 7) is 8.40. The van der Waals surface area contributed by atoms with E-state index in [2.05, 4.69) is 32.9 Å². The van der Waals surface area contributed by atoms with Gasteiger partial charge in [-0.25, -0.2) is 0 Å². The molecule has 2 atom stereocenters. The van der Waals surface area contributed by atoms with E-state index in [4.69, 9.17) is 0 Å². The summed E-state index contributed by atoms with van der Waals surface area (Å²) in [5.74, 6) is 0.866. The average Bonchev–Trinajstić information content (AvgIpc) is 2.05. The molecule has 0 spiro atoms. The topological polar surface area (TPSA) is 29.4 Å². The van der Waals surface area contributed by atoms with Gasteiger partial charge in [0.05, 0.1) is 6.04 Å².